The van der Waals surface area contributed by atoms with E-state index >= 15 is 0 Å². The van der Waals surface area contributed by atoms with E-state index in [4.69, 9.17) is 0 Å². The number of piperidine rings is 1. The smallest absolute Gasteiger partial charge is 0.321 e. The van der Waals surface area contributed by atoms with E-state index in [2.05, 4.69) is 21.2 Å². The number of anilines is 1. The van der Waals surface area contributed by atoms with Crippen molar-refractivity contribution < 1.29 is 9.90 Å². The van der Waals surface area contributed by atoms with Crippen LogP contribution in [0.25, 0.3) is 0 Å². The second-order valence-electron chi connectivity index (χ2n) is 5.17. The Morgan fingerprint density at radius 2 is 2.26 bits per heavy atom. The molecule has 0 radical (unpaired) electrons. The molecule has 5 heteroatoms. The number of nitrogens with one attached hydrogen (secondary N) is 1. The van der Waals surface area contributed by atoms with Gasteiger partial charge in [-0.15, -0.1) is 0 Å². The number of likely N-dealkylation sites (tertiary alicyclic amines) is 1. The average Bonchev–Trinajstić information content (AvgIpc) is 2.37. The number of nitrogens with zero attached hydrogens (tertiary/aromatic N) is 1. The number of benzene rings is 1. The van der Waals surface area contributed by atoms with Gasteiger partial charge in [0, 0.05) is 23.2 Å². The minimum Gasteiger partial charge on any atom is -0.391 e. The SMILES string of the molecule is Cc1ccc(NC(=O)N2CCC(C)C(O)C2)cc1Br. The van der Waals surface area contributed by atoms with Gasteiger partial charge in [0.2, 0.25) is 0 Å². The zero-order valence-corrected chi connectivity index (χ0v) is 12.8. The van der Waals surface area contributed by atoms with Gasteiger partial charge in [0.1, 0.15) is 0 Å². The Morgan fingerprint density at radius 1 is 1.53 bits per heavy atom. The van der Waals surface area contributed by atoms with Crippen molar-refractivity contribution in [2.24, 2.45) is 5.92 Å². The normalized spacial score (nSPS) is 23.3. The highest BCUT2D eigenvalue weighted by Crippen LogP contribution is 2.22. The summed E-state index contributed by atoms with van der Waals surface area (Å²) in [6, 6.07) is 5.56. The molecule has 1 aromatic rings. The summed E-state index contributed by atoms with van der Waals surface area (Å²) in [6.45, 7) is 5.10. The first-order chi connectivity index (χ1) is 8.97. The van der Waals surface area contributed by atoms with Crippen LogP contribution in [-0.2, 0) is 0 Å². The third kappa shape index (κ3) is 3.48. The summed E-state index contributed by atoms with van der Waals surface area (Å²) in [6.07, 6.45) is 0.413. The van der Waals surface area contributed by atoms with Crippen molar-refractivity contribution in [1.82, 2.24) is 4.90 Å². The van der Waals surface area contributed by atoms with Crippen molar-refractivity contribution in [2.45, 2.75) is 26.4 Å². The second-order valence-corrected chi connectivity index (χ2v) is 6.03. The first-order valence-corrected chi connectivity index (χ1v) is 7.27. The number of hydrogen-bond donors (Lipinski definition) is 2. The summed E-state index contributed by atoms with van der Waals surface area (Å²) in [4.78, 5) is 13.8. The minimum absolute atomic E-state index is 0.151. The first kappa shape index (κ1) is 14.3. The van der Waals surface area contributed by atoms with Gasteiger partial charge in [0.15, 0.2) is 0 Å². The molecule has 1 saturated heterocycles. The molecule has 19 heavy (non-hydrogen) atoms. The first-order valence-electron chi connectivity index (χ1n) is 6.47. The van der Waals surface area contributed by atoms with Crippen LogP contribution in [0, 0.1) is 12.8 Å². The molecule has 0 saturated carbocycles. The monoisotopic (exact) mass is 326 g/mol. The number of carbonyl (C=O) groups excluding carboxylic acids is 1. The van der Waals surface area contributed by atoms with Crippen molar-refractivity contribution in [3.05, 3.63) is 28.2 Å². The molecule has 2 N–H and O–H groups in total. The maximum absolute atomic E-state index is 12.1. The predicted octanol–water partition coefficient (Wildman–Crippen LogP) is 2.99. The number of rotatable bonds is 1. The quantitative estimate of drug-likeness (QED) is 0.833. The zero-order valence-electron chi connectivity index (χ0n) is 11.2. The van der Waals surface area contributed by atoms with Gasteiger partial charge in [-0.05, 0) is 37.0 Å². The van der Waals surface area contributed by atoms with Gasteiger partial charge in [-0.3, -0.25) is 0 Å². The van der Waals surface area contributed by atoms with Crippen LogP contribution in [0.3, 0.4) is 0 Å². The molecule has 1 aliphatic heterocycles. The summed E-state index contributed by atoms with van der Waals surface area (Å²) in [5, 5.41) is 12.7. The average molecular weight is 327 g/mol. The molecule has 2 rings (SSSR count). The fourth-order valence-corrected chi connectivity index (χ4v) is 2.49. The Labute approximate surface area is 121 Å². The van der Waals surface area contributed by atoms with Crippen LogP contribution in [0.1, 0.15) is 18.9 Å². The number of β-amino-alcohol motifs (C(OH)–C–C–N with tert-alkyl or cyclic N) is 1. The highest BCUT2D eigenvalue weighted by Gasteiger charge is 2.27. The van der Waals surface area contributed by atoms with Gasteiger partial charge in [0.25, 0.3) is 0 Å². The lowest BCUT2D eigenvalue weighted by atomic mass is 9.96. The number of urea groups is 1. The molecule has 0 spiro atoms. The number of halogens is 1. The molecule has 1 fully saturated rings. The standard InChI is InChI=1S/C14H19BrN2O2/c1-9-3-4-11(7-12(9)15)16-14(19)17-6-5-10(2)13(18)8-17/h3-4,7,10,13,18H,5-6,8H2,1-2H3,(H,16,19). The van der Waals surface area contributed by atoms with E-state index in [9.17, 15) is 9.90 Å². The molecular weight excluding hydrogens is 308 g/mol. The Hall–Kier alpha value is -1.07. The zero-order chi connectivity index (χ0) is 14.0. The van der Waals surface area contributed by atoms with Gasteiger partial charge in [-0.25, -0.2) is 4.79 Å². The topological polar surface area (TPSA) is 52.6 Å². The Kier molecular flexibility index (Phi) is 4.47. The molecular formula is C14H19BrN2O2. The number of carbonyl (C=O) groups is 1. The molecule has 2 amide bonds. The van der Waals surface area contributed by atoms with Crippen LogP contribution in [0.15, 0.2) is 22.7 Å². The maximum Gasteiger partial charge on any atom is 0.321 e. The van der Waals surface area contributed by atoms with Crippen molar-refractivity contribution >= 4 is 27.6 Å². The van der Waals surface area contributed by atoms with Gasteiger partial charge >= 0.3 is 6.03 Å². The molecule has 4 nitrogen and oxygen atoms in total. The Balaban J connectivity index is 1.99. The largest absolute Gasteiger partial charge is 0.391 e. The number of aliphatic hydroxyl groups is 1. The van der Waals surface area contributed by atoms with Gasteiger partial charge in [0.05, 0.1) is 6.10 Å². The van der Waals surface area contributed by atoms with Crippen LogP contribution in [0.4, 0.5) is 10.5 Å². The fraction of sp³-hybridized carbons (Fsp3) is 0.500. The molecule has 1 aromatic carbocycles. The molecule has 0 bridgehead atoms. The predicted molar refractivity (Wildman–Crippen MR) is 79.3 cm³/mol. The van der Waals surface area contributed by atoms with Gasteiger partial charge in [-0.1, -0.05) is 28.9 Å². The molecule has 104 valence electrons. The fourth-order valence-electron chi connectivity index (χ4n) is 2.11. The second kappa shape index (κ2) is 5.92. The summed E-state index contributed by atoms with van der Waals surface area (Å²) < 4.78 is 0.970. The van der Waals surface area contributed by atoms with Gasteiger partial charge in [-0.2, -0.15) is 0 Å². The van der Waals surface area contributed by atoms with Crippen LogP contribution in [0.2, 0.25) is 0 Å². The minimum atomic E-state index is -0.427. The van der Waals surface area contributed by atoms with Crippen molar-refractivity contribution in [3.8, 4) is 0 Å². The van der Waals surface area contributed by atoms with E-state index in [0.717, 1.165) is 22.1 Å². The van der Waals surface area contributed by atoms with Crippen LogP contribution in [0.5, 0.6) is 0 Å². The lowest BCUT2D eigenvalue weighted by Gasteiger charge is -2.34. The molecule has 1 heterocycles. The molecule has 0 aromatic heterocycles. The van der Waals surface area contributed by atoms with Crippen LogP contribution in [-0.4, -0.2) is 35.2 Å². The van der Waals surface area contributed by atoms with Crippen LogP contribution < -0.4 is 5.32 Å². The van der Waals surface area contributed by atoms with Crippen molar-refractivity contribution in [2.75, 3.05) is 18.4 Å². The molecule has 2 atom stereocenters. The van der Waals surface area contributed by atoms with Crippen molar-refractivity contribution in [3.63, 3.8) is 0 Å². The van der Waals surface area contributed by atoms with E-state index in [0.29, 0.717) is 13.1 Å². The summed E-state index contributed by atoms with van der Waals surface area (Å²) in [5.74, 6) is 0.262. The van der Waals surface area contributed by atoms with Crippen molar-refractivity contribution in [1.29, 1.82) is 0 Å². The molecule has 2 unspecified atom stereocenters. The molecule has 1 aliphatic rings. The Bertz CT molecular complexity index is 479. The number of aliphatic hydroxyl groups excluding tert-OH is 1. The van der Waals surface area contributed by atoms with E-state index in [-0.39, 0.29) is 11.9 Å². The van der Waals surface area contributed by atoms with Crippen LogP contribution >= 0.6 is 15.9 Å². The highest BCUT2D eigenvalue weighted by atomic mass is 79.9. The lowest BCUT2D eigenvalue weighted by molar-refractivity contribution is 0.0464. The van der Waals surface area contributed by atoms with E-state index in [1.807, 2.05) is 32.0 Å². The number of hydrogen-bond acceptors (Lipinski definition) is 2. The summed E-state index contributed by atoms with van der Waals surface area (Å²) in [5.41, 5.74) is 1.89. The highest BCUT2D eigenvalue weighted by molar-refractivity contribution is 9.10. The maximum atomic E-state index is 12.1. The third-order valence-electron chi connectivity index (χ3n) is 3.63. The third-order valence-corrected chi connectivity index (χ3v) is 4.48. The van der Waals surface area contributed by atoms with E-state index in [1.54, 1.807) is 4.90 Å². The summed E-state index contributed by atoms with van der Waals surface area (Å²) in [7, 11) is 0. The Morgan fingerprint density at radius 3 is 2.89 bits per heavy atom. The summed E-state index contributed by atoms with van der Waals surface area (Å²) >= 11 is 3.44. The van der Waals surface area contributed by atoms with Gasteiger partial charge < -0.3 is 15.3 Å². The molecule has 0 aliphatic carbocycles. The van der Waals surface area contributed by atoms with E-state index in [1.165, 1.54) is 0 Å². The number of aryl methyl sites for hydroxylation is 1. The number of amides is 2. The van der Waals surface area contributed by atoms with E-state index < -0.39 is 6.10 Å². The lowest BCUT2D eigenvalue weighted by Crippen LogP contribution is -2.47.